The summed E-state index contributed by atoms with van der Waals surface area (Å²) in [5, 5.41) is 10.3. The average molecular weight is 263 g/mol. The monoisotopic (exact) mass is 263 g/mol. The van der Waals surface area contributed by atoms with Crippen LogP contribution in [0.3, 0.4) is 0 Å². The number of carboxylic acid groups (broad SMARTS) is 1. The maximum absolute atomic E-state index is 11.7. The van der Waals surface area contributed by atoms with E-state index in [0.29, 0.717) is 12.0 Å². The van der Waals surface area contributed by atoms with Gasteiger partial charge in [0.25, 0.3) is 0 Å². The van der Waals surface area contributed by atoms with Crippen LogP contribution < -0.4 is 0 Å². The van der Waals surface area contributed by atoms with Crippen molar-refractivity contribution in [2.75, 3.05) is 0 Å². The average Bonchev–Trinajstić information content (AvgIpc) is 2.82. The third-order valence-electron chi connectivity index (χ3n) is 4.08. The van der Waals surface area contributed by atoms with Crippen LogP contribution in [-0.4, -0.2) is 16.1 Å². The Morgan fingerprint density at radius 1 is 1.15 bits per heavy atom. The minimum absolute atomic E-state index is 0.418. The molecule has 20 heavy (non-hydrogen) atoms. The first-order valence-corrected chi connectivity index (χ1v) is 6.80. The van der Waals surface area contributed by atoms with Crippen LogP contribution in [0.4, 0.5) is 0 Å². The molecule has 2 aliphatic rings. The van der Waals surface area contributed by atoms with Gasteiger partial charge in [-0.25, -0.2) is 9.78 Å². The summed E-state index contributed by atoms with van der Waals surface area (Å²) in [6, 6.07) is 7.49. The zero-order valence-corrected chi connectivity index (χ0v) is 10.9. The predicted molar refractivity (Wildman–Crippen MR) is 77.7 cm³/mol. The number of allylic oxidation sites excluding steroid dienone is 4. The molecule has 0 radical (unpaired) electrons. The van der Waals surface area contributed by atoms with Crippen molar-refractivity contribution in [1.29, 1.82) is 0 Å². The maximum Gasteiger partial charge on any atom is 0.336 e. The van der Waals surface area contributed by atoms with Crippen LogP contribution in [-0.2, 0) is 6.42 Å². The van der Waals surface area contributed by atoms with E-state index in [0.717, 1.165) is 40.6 Å². The van der Waals surface area contributed by atoms with E-state index in [4.69, 9.17) is 4.98 Å². The number of aromatic carboxylic acids is 1. The van der Waals surface area contributed by atoms with Crippen molar-refractivity contribution in [2.24, 2.45) is 0 Å². The van der Waals surface area contributed by atoms with E-state index in [1.54, 1.807) is 0 Å². The highest BCUT2D eigenvalue weighted by atomic mass is 16.4. The molecular formula is C17H13NO2. The lowest BCUT2D eigenvalue weighted by Gasteiger charge is -2.09. The fourth-order valence-corrected chi connectivity index (χ4v) is 3.22. The summed E-state index contributed by atoms with van der Waals surface area (Å²) in [6.45, 7) is 0. The number of rotatable bonds is 1. The molecule has 0 saturated heterocycles. The van der Waals surface area contributed by atoms with Gasteiger partial charge in [-0.2, -0.15) is 0 Å². The van der Waals surface area contributed by atoms with Gasteiger partial charge in [0, 0.05) is 11.8 Å². The number of aromatic nitrogens is 1. The SMILES string of the molecule is O=C(O)c1c2c(nc3ccccc13)C1=CCCC=C1C2. The van der Waals surface area contributed by atoms with Gasteiger partial charge in [0.15, 0.2) is 0 Å². The molecule has 0 amide bonds. The number of hydrogen-bond acceptors (Lipinski definition) is 2. The number of fused-ring (bicyclic) bond motifs is 4. The number of para-hydroxylation sites is 1. The molecular weight excluding hydrogens is 250 g/mol. The first kappa shape index (κ1) is 11.4. The molecule has 1 heterocycles. The predicted octanol–water partition coefficient (Wildman–Crippen LogP) is 3.59. The number of hydrogen-bond donors (Lipinski definition) is 1. The highest BCUT2D eigenvalue weighted by Gasteiger charge is 2.30. The highest BCUT2D eigenvalue weighted by Crippen LogP contribution is 2.41. The molecule has 1 aromatic carbocycles. The molecule has 3 heteroatoms. The molecule has 1 N–H and O–H groups in total. The quantitative estimate of drug-likeness (QED) is 0.855. The van der Waals surface area contributed by atoms with Crippen molar-refractivity contribution in [1.82, 2.24) is 4.98 Å². The molecule has 98 valence electrons. The number of pyridine rings is 1. The van der Waals surface area contributed by atoms with Gasteiger partial charge in [-0.15, -0.1) is 0 Å². The van der Waals surface area contributed by atoms with Gasteiger partial charge >= 0.3 is 5.97 Å². The van der Waals surface area contributed by atoms with Crippen molar-refractivity contribution >= 4 is 22.4 Å². The number of nitrogens with zero attached hydrogens (tertiary/aromatic N) is 1. The van der Waals surface area contributed by atoms with Crippen molar-refractivity contribution in [3.8, 4) is 0 Å². The maximum atomic E-state index is 11.7. The second-order valence-electron chi connectivity index (χ2n) is 5.24. The molecule has 0 aliphatic heterocycles. The van der Waals surface area contributed by atoms with E-state index < -0.39 is 5.97 Å². The second-order valence-corrected chi connectivity index (χ2v) is 5.24. The fourth-order valence-electron chi connectivity index (χ4n) is 3.22. The molecule has 0 spiro atoms. The van der Waals surface area contributed by atoms with Crippen LogP contribution in [0.25, 0.3) is 16.5 Å². The molecule has 0 bridgehead atoms. The van der Waals surface area contributed by atoms with E-state index in [2.05, 4.69) is 12.2 Å². The first-order valence-electron chi connectivity index (χ1n) is 6.80. The molecule has 4 rings (SSSR count). The minimum Gasteiger partial charge on any atom is -0.478 e. The van der Waals surface area contributed by atoms with E-state index >= 15 is 0 Å². The van der Waals surface area contributed by atoms with Crippen LogP contribution in [0.5, 0.6) is 0 Å². The van der Waals surface area contributed by atoms with E-state index in [-0.39, 0.29) is 0 Å². The summed E-state index contributed by atoms with van der Waals surface area (Å²) in [4.78, 5) is 16.4. The van der Waals surface area contributed by atoms with E-state index in [9.17, 15) is 9.90 Å². The van der Waals surface area contributed by atoms with Crippen LogP contribution in [0, 0.1) is 0 Å². The van der Waals surface area contributed by atoms with Gasteiger partial charge in [-0.1, -0.05) is 30.4 Å². The van der Waals surface area contributed by atoms with Gasteiger partial charge in [0.05, 0.1) is 16.8 Å². The minimum atomic E-state index is -0.861. The third-order valence-corrected chi connectivity index (χ3v) is 4.08. The zero-order valence-electron chi connectivity index (χ0n) is 10.9. The third kappa shape index (κ3) is 1.46. The summed E-state index contributed by atoms with van der Waals surface area (Å²) >= 11 is 0. The molecule has 0 fully saturated rings. The van der Waals surface area contributed by atoms with Crippen molar-refractivity contribution in [3.05, 3.63) is 58.8 Å². The van der Waals surface area contributed by atoms with Gasteiger partial charge in [-0.3, -0.25) is 0 Å². The van der Waals surface area contributed by atoms with E-state index in [1.165, 1.54) is 5.57 Å². The van der Waals surface area contributed by atoms with Crippen LogP contribution in [0.2, 0.25) is 0 Å². The molecule has 0 saturated carbocycles. The lowest BCUT2D eigenvalue weighted by molar-refractivity contribution is 0.0698. The fraction of sp³-hybridized carbons (Fsp3) is 0.176. The molecule has 3 nitrogen and oxygen atoms in total. The molecule has 2 aliphatic carbocycles. The van der Waals surface area contributed by atoms with Crippen molar-refractivity contribution in [3.63, 3.8) is 0 Å². The number of carboxylic acids is 1. The Morgan fingerprint density at radius 3 is 2.80 bits per heavy atom. The number of carbonyl (C=O) groups is 1. The summed E-state index contributed by atoms with van der Waals surface area (Å²) in [5.41, 5.74) is 5.29. The van der Waals surface area contributed by atoms with Crippen LogP contribution in [0.15, 0.2) is 42.0 Å². The Labute approximate surface area is 116 Å². The lowest BCUT2D eigenvalue weighted by Crippen LogP contribution is -2.05. The Hall–Kier alpha value is -2.42. The second kappa shape index (κ2) is 4.04. The van der Waals surface area contributed by atoms with Gasteiger partial charge in [0.1, 0.15) is 0 Å². The van der Waals surface area contributed by atoms with Gasteiger partial charge < -0.3 is 5.11 Å². The summed E-state index contributed by atoms with van der Waals surface area (Å²) < 4.78 is 0. The first-order chi connectivity index (χ1) is 9.75. The zero-order chi connectivity index (χ0) is 13.7. The Kier molecular flexibility index (Phi) is 2.30. The molecule has 2 aromatic rings. The molecule has 0 unspecified atom stereocenters. The smallest absolute Gasteiger partial charge is 0.336 e. The summed E-state index contributed by atoms with van der Waals surface area (Å²) in [5.74, 6) is -0.861. The van der Waals surface area contributed by atoms with Crippen molar-refractivity contribution in [2.45, 2.75) is 19.3 Å². The lowest BCUT2D eigenvalue weighted by atomic mass is 10.00. The van der Waals surface area contributed by atoms with Crippen LogP contribution >= 0.6 is 0 Å². The van der Waals surface area contributed by atoms with Gasteiger partial charge in [0.2, 0.25) is 0 Å². The topological polar surface area (TPSA) is 50.2 Å². The van der Waals surface area contributed by atoms with Crippen LogP contribution in [0.1, 0.15) is 34.5 Å². The number of benzene rings is 1. The standard InChI is InChI=1S/C17H13NO2/c19-17(20)15-12-7-3-4-8-14(12)18-16-11-6-2-1-5-10(11)9-13(15)16/h3-8H,1-2,9H2,(H,19,20). The highest BCUT2D eigenvalue weighted by molar-refractivity contribution is 6.07. The Morgan fingerprint density at radius 2 is 1.95 bits per heavy atom. The molecule has 0 atom stereocenters. The summed E-state index contributed by atoms with van der Waals surface area (Å²) in [7, 11) is 0. The molecule has 1 aromatic heterocycles. The van der Waals surface area contributed by atoms with Crippen molar-refractivity contribution < 1.29 is 9.90 Å². The van der Waals surface area contributed by atoms with Gasteiger partial charge in [-0.05, 0) is 35.6 Å². The Bertz CT molecular complexity index is 815. The largest absolute Gasteiger partial charge is 0.478 e. The summed E-state index contributed by atoms with van der Waals surface area (Å²) in [6.07, 6.45) is 7.15. The Balaban J connectivity index is 2.12. The normalized spacial score (nSPS) is 16.4. The van der Waals surface area contributed by atoms with E-state index in [1.807, 2.05) is 24.3 Å².